The molecular formula is C21H33N3O3. The van der Waals surface area contributed by atoms with Crippen molar-refractivity contribution in [2.24, 2.45) is 0 Å². The normalized spacial score (nSPS) is 20.0. The Balaban J connectivity index is 1.44. The number of methoxy groups -OCH3 is 1. The summed E-state index contributed by atoms with van der Waals surface area (Å²) in [6.07, 6.45) is 6.95. The number of carbonyl (C=O) groups is 1. The summed E-state index contributed by atoms with van der Waals surface area (Å²) in [6, 6.07) is 7.90. The lowest BCUT2D eigenvalue weighted by molar-refractivity contribution is -0.0357. The van der Waals surface area contributed by atoms with Gasteiger partial charge in [0.2, 0.25) is 0 Å². The quantitative estimate of drug-likeness (QED) is 0.769. The highest BCUT2D eigenvalue weighted by atomic mass is 16.5. The highest BCUT2D eigenvalue weighted by Crippen LogP contribution is 2.33. The molecule has 27 heavy (non-hydrogen) atoms. The first-order valence-corrected chi connectivity index (χ1v) is 10.2. The number of rotatable bonds is 7. The Morgan fingerprint density at radius 3 is 2.48 bits per heavy atom. The van der Waals surface area contributed by atoms with Gasteiger partial charge in [-0.1, -0.05) is 31.4 Å². The molecule has 1 saturated carbocycles. The van der Waals surface area contributed by atoms with Crippen molar-refractivity contribution in [2.45, 2.75) is 44.1 Å². The Morgan fingerprint density at radius 1 is 1.11 bits per heavy atom. The number of hydrogen-bond acceptors (Lipinski definition) is 4. The Hall–Kier alpha value is -1.79. The molecule has 1 heterocycles. The first-order valence-electron chi connectivity index (χ1n) is 10.2. The van der Waals surface area contributed by atoms with Crippen molar-refractivity contribution in [1.29, 1.82) is 0 Å². The van der Waals surface area contributed by atoms with Gasteiger partial charge in [0.1, 0.15) is 5.75 Å². The van der Waals surface area contributed by atoms with Crippen molar-refractivity contribution in [3.63, 3.8) is 0 Å². The zero-order valence-electron chi connectivity index (χ0n) is 16.5. The molecule has 0 spiro atoms. The third kappa shape index (κ3) is 5.59. The topological polar surface area (TPSA) is 62.8 Å². The maximum atomic E-state index is 12.3. The van der Waals surface area contributed by atoms with E-state index in [1.807, 2.05) is 24.3 Å². The van der Waals surface area contributed by atoms with E-state index in [2.05, 4.69) is 15.5 Å². The molecule has 2 N–H and O–H groups in total. The number of benzene rings is 1. The Labute approximate surface area is 162 Å². The number of urea groups is 1. The molecule has 1 aromatic rings. The Morgan fingerprint density at radius 2 is 1.81 bits per heavy atom. The zero-order chi connectivity index (χ0) is 19.0. The minimum absolute atomic E-state index is 0.0679. The number of hydrogen-bond donors (Lipinski definition) is 2. The van der Waals surface area contributed by atoms with Gasteiger partial charge in [-0.2, -0.15) is 0 Å². The lowest BCUT2D eigenvalue weighted by atomic mass is 9.80. The standard InChI is InChI=1S/C21H33N3O3/c1-26-19-7-5-18(6-8-19)9-12-22-20(25)23-17-21(10-3-2-4-11-21)24-13-15-27-16-14-24/h5-8H,2-4,9-17H2,1H3,(H2,22,23,25). The van der Waals surface area contributed by atoms with E-state index < -0.39 is 0 Å². The van der Waals surface area contributed by atoms with E-state index in [9.17, 15) is 4.79 Å². The minimum atomic E-state index is -0.0679. The van der Waals surface area contributed by atoms with Gasteiger partial charge in [0, 0.05) is 31.7 Å². The van der Waals surface area contributed by atoms with Crippen molar-refractivity contribution in [3.8, 4) is 5.75 Å². The van der Waals surface area contributed by atoms with E-state index in [4.69, 9.17) is 9.47 Å². The molecule has 1 aromatic carbocycles. The lowest BCUT2D eigenvalue weighted by Gasteiger charge is -2.48. The fraction of sp³-hybridized carbons (Fsp3) is 0.667. The third-order valence-corrected chi connectivity index (χ3v) is 5.90. The van der Waals surface area contributed by atoms with Crippen LogP contribution in [-0.2, 0) is 11.2 Å². The van der Waals surface area contributed by atoms with Crippen LogP contribution in [0.5, 0.6) is 5.75 Å². The van der Waals surface area contributed by atoms with E-state index in [-0.39, 0.29) is 11.6 Å². The molecule has 2 aliphatic rings. The van der Waals surface area contributed by atoms with E-state index in [1.54, 1.807) is 7.11 Å². The zero-order valence-corrected chi connectivity index (χ0v) is 16.5. The molecular weight excluding hydrogens is 342 g/mol. The van der Waals surface area contributed by atoms with E-state index in [1.165, 1.54) is 37.7 Å². The number of nitrogens with one attached hydrogen (secondary N) is 2. The first kappa shape index (κ1) is 20.0. The summed E-state index contributed by atoms with van der Waals surface area (Å²) in [5.41, 5.74) is 1.29. The second-order valence-electron chi connectivity index (χ2n) is 7.59. The third-order valence-electron chi connectivity index (χ3n) is 5.90. The van der Waals surface area contributed by atoms with Gasteiger partial charge in [-0.15, -0.1) is 0 Å². The van der Waals surface area contributed by atoms with E-state index >= 15 is 0 Å². The van der Waals surface area contributed by atoms with Crippen molar-refractivity contribution in [2.75, 3.05) is 46.5 Å². The number of amides is 2. The van der Waals surface area contributed by atoms with E-state index in [0.29, 0.717) is 6.54 Å². The maximum Gasteiger partial charge on any atom is 0.314 e. The summed E-state index contributed by atoms with van der Waals surface area (Å²) in [5.74, 6) is 0.852. The monoisotopic (exact) mass is 375 g/mol. The van der Waals surface area contributed by atoms with Crippen molar-refractivity contribution >= 4 is 6.03 Å². The largest absolute Gasteiger partial charge is 0.497 e. The summed E-state index contributed by atoms with van der Waals surface area (Å²) >= 11 is 0. The molecule has 2 fully saturated rings. The van der Waals surface area contributed by atoms with Crippen LogP contribution in [0, 0.1) is 0 Å². The Bertz CT molecular complexity index is 579. The minimum Gasteiger partial charge on any atom is -0.497 e. The smallest absolute Gasteiger partial charge is 0.314 e. The molecule has 150 valence electrons. The summed E-state index contributed by atoms with van der Waals surface area (Å²) in [6.45, 7) is 4.90. The predicted octanol–water partition coefficient (Wildman–Crippen LogP) is 2.57. The van der Waals surface area contributed by atoms with Gasteiger partial charge in [0.25, 0.3) is 0 Å². The summed E-state index contributed by atoms with van der Waals surface area (Å²) < 4.78 is 10.7. The molecule has 0 atom stereocenters. The van der Waals surface area contributed by atoms with Crippen molar-refractivity contribution < 1.29 is 14.3 Å². The van der Waals surface area contributed by atoms with Crippen LogP contribution in [0.1, 0.15) is 37.7 Å². The number of morpholine rings is 1. The van der Waals surface area contributed by atoms with Crippen LogP contribution >= 0.6 is 0 Å². The van der Waals surface area contributed by atoms with Gasteiger partial charge in [0.05, 0.1) is 20.3 Å². The average Bonchev–Trinajstić information content (AvgIpc) is 2.74. The Kier molecular flexibility index (Phi) is 7.35. The van der Waals surface area contributed by atoms with Crippen LogP contribution in [0.3, 0.4) is 0 Å². The van der Waals surface area contributed by atoms with Crippen LogP contribution in [0.25, 0.3) is 0 Å². The molecule has 0 aromatic heterocycles. The number of carbonyl (C=O) groups excluding carboxylic acids is 1. The molecule has 3 rings (SSSR count). The molecule has 0 bridgehead atoms. The van der Waals surface area contributed by atoms with Gasteiger partial charge in [0.15, 0.2) is 0 Å². The molecule has 0 unspecified atom stereocenters. The molecule has 6 nitrogen and oxygen atoms in total. The van der Waals surface area contributed by atoms with Gasteiger partial charge in [-0.25, -0.2) is 4.79 Å². The highest BCUT2D eigenvalue weighted by Gasteiger charge is 2.38. The van der Waals surface area contributed by atoms with E-state index in [0.717, 1.165) is 45.0 Å². The molecule has 6 heteroatoms. The van der Waals surface area contributed by atoms with Gasteiger partial charge < -0.3 is 20.1 Å². The van der Waals surface area contributed by atoms with Gasteiger partial charge in [-0.05, 0) is 37.0 Å². The predicted molar refractivity (Wildman–Crippen MR) is 106 cm³/mol. The van der Waals surface area contributed by atoms with Crippen LogP contribution < -0.4 is 15.4 Å². The van der Waals surface area contributed by atoms with Gasteiger partial charge in [-0.3, -0.25) is 4.90 Å². The lowest BCUT2D eigenvalue weighted by Crippen LogP contribution is -2.60. The fourth-order valence-electron chi connectivity index (χ4n) is 4.27. The summed E-state index contributed by atoms with van der Waals surface area (Å²) in [5, 5.41) is 6.14. The number of nitrogens with zero attached hydrogens (tertiary/aromatic N) is 1. The molecule has 2 amide bonds. The molecule has 0 radical (unpaired) electrons. The highest BCUT2D eigenvalue weighted by molar-refractivity contribution is 5.73. The van der Waals surface area contributed by atoms with Crippen LogP contribution in [0.15, 0.2) is 24.3 Å². The van der Waals surface area contributed by atoms with Crippen molar-refractivity contribution in [1.82, 2.24) is 15.5 Å². The van der Waals surface area contributed by atoms with Crippen LogP contribution in [0.4, 0.5) is 4.79 Å². The van der Waals surface area contributed by atoms with Crippen LogP contribution in [-0.4, -0.2) is 63.0 Å². The molecule has 1 aliphatic carbocycles. The molecule has 1 aliphatic heterocycles. The average molecular weight is 376 g/mol. The second-order valence-corrected chi connectivity index (χ2v) is 7.59. The second kappa shape index (κ2) is 9.95. The first-order chi connectivity index (χ1) is 13.2. The SMILES string of the molecule is COc1ccc(CCNC(=O)NCC2(N3CCOCC3)CCCCC2)cc1. The van der Waals surface area contributed by atoms with Crippen LogP contribution in [0.2, 0.25) is 0 Å². The summed E-state index contributed by atoms with van der Waals surface area (Å²) in [7, 11) is 1.66. The number of ether oxygens (including phenoxy) is 2. The fourth-order valence-corrected chi connectivity index (χ4v) is 4.27. The maximum absolute atomic E-state index is 12.3. The summed E-state index contributed by atoms with van der Waals surface area (Å²) in [4.78, 5) is 14.9. The molecule has 1 saturated heterocycles. The van der Waals surface area contributed by atoms with Crippen molar-refractivity contribution in [3.05, 3.63) is 29.8 Å². The van der Waals surface area contributed by atoms with Gasteiger partial charge >= 0.3 is 6.03 Å².